The molecule has 1 unspecified atom stereocenters. The molecule has 0 aromatic rings. The van der Waals surface area contributed by atoms with E-state index in [9.17, 15) is 0 Å². The van der Waals surface area contributed by atoms with Crippen LogP contribution >= 0.6 is 0 Å². The maximum Gasteiger partial charge on any atom is 0.0700 e. The summed E-state index contributed by atoms with van der Waals surface area (Å²) in [6.45, 7) is 10.4. The highest BCUT2D eigenvalue weighted by molar-refractivity contribution is 4.82. The third-order valence-corrected chi connectivity index (χ3v) is 3.53. The molecule has 0 aromatic heterocycles. The van der Waals surface area contributed by atoms with Crippen molar-refractivity contribution in [2.75, 3.05) is 46.6 Å². The smallest absolute Gasteiger partial charge is 0.0700 e. The maximum atomic E-state index is 5.43. The zero-order valence-electron chi connectivity index (χ0n) is 12.3. The van der Waals surface area contributed by atoms with Crippen LogP contribution in [0.1, 0.15) is 33.1 Å². The summed E-state index contributed by atoms with van der Waals surface area (Å²) in [5.41, 5.74) is 0. The van der Waals surface area contributed by atoms with Crippen LogP contribution in [0.5, 0.6) is 0 Å². The Kier molecular flexibility index (Phi) is 8.59. The van der Waals surface area contributed by atoms with Crippen molar-refractivity contribution >= 4 is 0 Å². The molecule has 0 bridgehead atoms. The van der Waals surface area contributed by atoms with Crippen molar-refractivity contribution in [3.05, 3.63) is 0 Å². The molecule has 0 spiro atoms. The third kappa shape index (κ3) is 6.69. The minimum atomic E-state index is 0.686. The third-order valence-electron chi connectivity index (χ3n) is 3.53. The largest absolute Gasteiger partial charge is 0.382 e. The number of rotatable bonds is 10. The lowest BCUT2D eigenvalue weighted by Crippen LogP contribution is -2.35. The van der Waals surface area contributed by atoms with Gasteiger partial charge in [0.1, 0.15) is 0 Å². The van der Waals surface area contributed by atoms with Gasteiger partial charge in [0.2, 0.25) is 0 Å². The van der Waals surface area contributed by atoms with Crippen molar-refractivity contribution in [2.24, 2.45) is 0 Å². The van der Waals surface area contributed by atoms with E-state index in [1.54, 1.807) is 7.11 Å². The first-order chi connectivity index (χ1) is 8.74. The second kappa shape index (κ2) is 9.73. The Labute approximate surface area is 112 Å². The van der Waals surface area contributed by atoms with Gasteiger partial charge in [-0.05, 0) is 46.2 Å². The number of nitrogens with zero attached hydrogens (tertiary/aromatic N) is 1. The Balaban J connectivity index is 1.87. The first-order valence-electron chi connectivity index (χ1n) is 7.28. The van der Waals surface area contributed by atoms with Gasteiger partial charge in [-0.25, -0.2) is 0 Å². The zero-order chi connectivity index (χ0) is 13.2. The molecular formula is C14H30N2O2. The average molecular weight is 258 g/mol. The summed E-state index contributed by atoms with van der Waals surface area (Å²) in [7, 11) is 1.70. The molecule has 1 atom stereocenters. The Morgan fingerprint density at radius 2 is 2.06 bits per heavy atom. The monoisotopic (exact) mass is 258 g/mol. The molecular weight excluding hydrogens is 228 g/mol. The molecule has 18 heavy (non-hydrogen) atoms. The minimum Gasteiger partial charge on any atom is -0.382 e. The Hall–Kier alpha value is -0.160. The predicted molar refractivity (Wildman–Crippen MR) is 75.0 cm³/mol. The molecule has 1 rings (SSSR count). The van der Waals surface area contributed by atoms with Crippen LogP contribution in [0.25, 0.3) is 0 Å². The highest BCUT2D eigenvalue weighted by atomic mass is 16.5. The minimum absolute atomic E-state index is 0.686. The van der Waals surface area contributed by atoms with Gasteiger partial charge in [0.25, 0.3) is 0 Å². The van der Waals surface area contributed by atoms with E-state index >= 15 is 0 Å². The van der Waals surface area contributed by atoms with Gasteiger partial charge in [-0.2, -0.15) is 0 Å². The Morgan fingerprint density at radius 3 is 2.72 bits per heavy atom. The predicted octanol–water partition coefficient (Wildman–Crippen LogP) is 1.50. The van der Waals surface area contributed by atoms with E-state index in [4.69, 9.17) is 9.47 Å². The number of unbranched alkanes of at least 4 members (excludes halogenated alkanes) is 1. The summed E-state index contributed by atoms with van der Waals surface area (Å²) in [5, 5.41) is 3.65. The molecule has 4 nitrogen and oxygen atoms in total. The summed E-state index contributed by atoms with van der Waals surface area (Å²) < 4.78 is 10.4. The van der Waals surface area contributed by atoms with Gasteiger partial charge in [0.15, 0.2) is 0 Å². The lowest BCUT2D eigenvalue weighted by molar-refractivity contribution is 0.0687. The van der Waals surface area contributed by atoms with Crippen LogP contribution in [0.4, 0.5) is 0 Å². The van der Waals surface area contributed by atoms with Crippen molar-refractivity contribution in [2.45, 2.75) is 45.2 Å². The quantitative estimate of drug-likeness (QED) is 0.602. The standard InChI is InChI=1S/C14H30N2O2/c1-13(2)16-8-6-14(12-16)15-7-4-5-9-18-11-10-17-3/h13-15H,4-12H2,1-3H3. The van der Waals surface area contributed by atoms with Gasteiger partial charge in [0.05, 0.1) is 13.2 Å². The summed E-state index contributed by atoms with van der Waals surface area (Å²) in [6, 6.07) is 1.38. The molecule has 1 aliphatic rings. The molecule has 0 saturated carbocycles. The molecule has 0 amide bonds. The second-order valence-corrected chi connectivity index (χ2v) is 5.34. The fraction of sp³-hybridized carbons (Fsp3) is 1.00. The Morgan fingerprint density at radius 1 is 1.22 bits per heavy atom. The summed E-state index contributed by atoms with van der Waals surface area (Å²) in [6.07, 6.45) is 3.63. The van der Waals surface area contributed by atoms with Gasteiger partial charge >= 0.3 is 0 Å². The van der Waals surface area contributed by atoms with Crippen molar-refractivity contribution in [1.82, 2.24) is 10.2 Å². The molecule has 1 N–H and O–H groups in total. The number of nitrogens with one attached hydrogen (secondary N) is 1. The second-order valence-electron chi connectivity index (χ2n) is 5.34. The number of ether oxygens (including phenoxy) is 2. The molecule has 0 aromatic carbocycles. The van der Waals surface area contributed by atoms with Crippen molar-refractivity contribution in [3.63, 3.8) is 0 Å². The zero-order valence-corrected chi connectivity index (χ0v) is 12.3. The lowest BCUT2D eigenvalue weighted by atomic mass is 10.2. The van der Waals surface area contributed by atoms with Crippen LogP contribution in [0.15, 0.2) is 0 Å². The van der Waals surface area contributed by atoms with E-state index in [0.29, 0.717) is 18.7 Å². The van der Waals surface area contributed by atoms with Gasteiger partial charge in [-0.3, -0.25) is 4.90 Å². The molecule has 1 fully saturated rings. The van der Waals surface area contributed by atoms with Gasteiger partial charge in [-0.15, -0.1) is 0 Å². The molecule has 4 heteroatoms. The normalized spacial score (nSPS) is 21.0. The summed E-state index contributed by atoms with van der Waals surface area (Å²) in [4.78, 5) is 2.55. The van der Waals surface area contributed by atoms with Gasteiger partial charge in [0, 0.05) is 32.3 Å². The van der Waals surface area contributed by atoms with Crippen LogP contribution in [-0.2, 0) is 9.47 Å². The first-order valence-corrected chi connectivity index (χ1v) is 7.28. The molecule has 0 radical (unpaired) electrons. The fourth-order valence-electron chi connectivity index (χ4n) is 2.30. The van der Waals surface area contributed by atoms with Crippen LogP contribution in [0.3, 0.4) is 0 Å². The Bertz CT molecular complexity index is 200. The van der Waals surface area contributed by atoms with Gasteiger partial charge in [-0.1, -0.05) is 0 Å². The van der Waals surface area contributed by atoms with E-state index < -0.39 is 0 Å². The SMILES string of the molecule is COCCOCCCCNC1CCN(C(C)C)C1. The van der Waals surface area contributed by atoms with Crippen LogP contribution in [0.2, 0.25) is 0 Å². The average Bonchev–Trinajstić information content (AvgIpc) is 2.81. The van der Waals surface area contributed by atoms with Gasteiger partial charge < -0.3 is 14.8 Å². The molecule has 0 aliphatic carbocycles. The molecule has 1 saturated heterocycles. The van der Waals surface area contributed by atoms with Crippen molar-refractivity contribution < 1.29 is 9.47 Å². The van der Waals surface area contributed by atoms with Crippen LogP contribution in [0, 0.1) is 0 Å². The van der Waals surface area contributed by atoms with E-state index in [2.05, 4.69) is 24.1 Å². The van der Waals surface area contributed by atoms with E-state index in [-0.39, 0.29) is 0 Å². The first kappa shape index (κ1) is 15.9. The number of hydrogen-bond donors (Lipinski definition) is 1. The maximum absolute atomic E-state index is 5.43. The molecule has 108 valence electrons. The van der Waals surface area contributed by atoms with E-state index in [1.807, 2.05) is 0 Å². The summed E-state index contributed by atoms with van der Waals surface area (Å²) >= 11 is 0. The lowest BCUT2D eigenvalue weighted by Gasteiger charge is -2.20. The summed E-state index contributed by atoms with van der Waals surface area (Å²) in [5.74, 6) is 0. The molecule has 1 heterocycles. The van der Waals surface area contributed by atoms with E-state index in [1.165, 1.54) is 25.9 Å². The molecule has 1 aliphatic heterocycles. The van der Waals surface area contributed by atoms with E-state index in [0.717, 1.165) is 26.2 Å². The number of methoxy groups -OCH3 is 1. The number of hydrogen-bond acceptors (Lipinski definition) is 4. The van der Waals surface area contributed by atoms with Crippen LogP contribution < -0.4 is 5.32 Å². The fourth-order valence-corrected chi connectivity index (χ4v) is 2.30. The topological polar surface area (TPSA) is 33.7 Å². The highest BCUT2D eigenvalue weighted by Gasteiger charge is 2.23. The van der Waals surface area contributed by atoms with Crippen molar-refractivity contribution in [3.8, 4) is 0 Å². The van der Waals surface area contributed by atoms with Crippen LogP contribution in [-0.4, -0.2) is 63.5 Å². The number of likely N-dealkylation sites (tertiary alicyclic amines) is 1. The highest BCUT2D eigenvalue weighted by Crippen LogP contribution is 2.12. The van der Waals surface area contributed by atoms with Crippen molar-refractivity contribution in [1.29, 1.82) is 0 Å².